The van der Waals surface area contributed by atoms with E-state index in [0.717, 1.165) is 12.3 Å². The molecule has 0 bridgehead atoms. The van der Waals surface area contributed by atoms with E-state index in [2.05, 4.69) is 44.3 Å². The van der Waals surface area contributed by atoms with Crippen molar-refractivity contribution >= 4 is 0 Å². The minimum atomic E-state index is 0.196. The minimum Gasteiger partial charge on any atom is -0.496 e. The highest BCUT2D eigenvalue weighted by Gasteiger charge is 2.40. The van der Waals surface area contributed by atoms with Crippen LogP contribution in [0.25, 0.3) is 0 Å². The van der Waals surface area contributed by atoms with Gasteiger partial charge in [0.15, 0.2) is 0 Å². The smallest absolute Gasteiger partial charge is 0.122 e. The molecule has 2 heteroatoms. The van der Waals surface area contributed by atoms with Gasteiger partial charge in [0.05, 0.1) is 7.11 Å². The summed E-state index contributed by atoms with van der Waals surface area (Å²) in [6, 6.07) is 6.41. The molecule has 1 aromatic carbocycles. The topological polar surface area (TPSA) is 21.3 Å². The number of methoxy groups -OCH3 is 1. The molecule has 0 spiro atoms. The fraction of sp³-hybridized carbons (Fsp3) is 0.538. The molecule has 0 radical (unpaired) electrons. The molecular formula is C13H19NO. The summed E-state index contributed by atoms with van der Waals surface area (Å²) in [5.41, 5.74) is 2.83. The number of hydrogen-bond donors (Lipinski definition) is 1. The first-order chi connectivity index (χ1) is 7.04. The Labute approximate surface area is 91.6 Å². The summed E-state index contributed by atoms with van der Waals surface area (Å²) >= 11 is 0. The average molecular weight is 205 g/mol. The molecule has 1 aromatic rings. The van der Waals surface area contributed by atoms with Crippen molar-refractivity contribution in [2.24, 2.45) is 0 Å². The van der Waals surface area contributed by atoms with E-state index in [4.69, 9.17) is 4.74 Å². The third-order valence-corrected chi connectivity index (χ3v) is 3.39. The summed E-state index contributed by atoms with van der Waals surface area (Å²) in [5, 5.41) is 3.45. The normalized spacial score (nSPS) is 23.3. The van der Waals surface area contributed by atoms with Crippen LogP contribution in [0.4, 0.5) is 0 Å². The van der Waals surface area contributed by atoms with Crippen LogP contribution in [-0.2, 0) is 0 Å². The minimum absolute atomic E-state index is 0.196. The molecule has 1 fully saturated rings. The Morgan fingerprint density at radius 3 is 2.60 bits per heavy atom. The number of hydrogen-bond acceptors (Lipinski definition) is 2. The zero-order valence-corrected chi connectivity index (χ0v) is 9.92. The average Bonchev–Trinajstić information content (AvgIpc) is 2.17. The van der Waals surface area contributed by atoms with Crippen molar-refractivity contribution in [3.05, 3.63) is 29.3 Å². The van der Waals surface area contributed by atoms with E-state index in [0.29, 0.717) is 5.92 Å². The number of nitrogens with one attached hydrogen (secondary N) is 1. The van der Waals surface area contributed by atoms with E-state index in [9.17, 15) is 0 Å². The molecule has 2 rings (SSSR count). The van der Waals surface area contributed by atoms with E-state index in [1.165, 1.54) is 11.1 Å². The zero-order valence-electron chi connectivity index (χ0n) is 9.92. The van der Waals surface area contributed by atoms with Gasteiger partial charge in [-0.15, -0.1) is 0 Å². The number of ether oxygens (including phenoxy) is 1. The Hall–Kier alpha value is -1.02. The first kappa shape index (κ1) is 10.5. The second kappa shape index (κ2) is 3.53. The van der Waals surface area contributed by atoms with Crippen molar-refractivity contribution < 1.29 is 4.74 Å². The van der Waals surface area contributed by atoms with Crippen molar-refractivity contribution in [2.75, 3.05) is 13.7 Å². The maximum absolute atomic E-state index is 5.42. The van der Waals surface area contributed by atoms with Gasteiger partial charge in [0.25, 0.3) is 0 Å². The highest BCUT2D eigenvalue weighted by Crippen LogP contribution is 2.39. The molecule has 0 saturated carbocycles. The molecule has 1 aliphatic rings. The molecule has 82 valence electrons. The Balaban J connectivity index is 2.38. The largest absolute Gasteiger partial charge is 0.496 e. The molecular weight excluding hydrogens is 186 g/mol. The summed E-state index contributed by atoms with van der Waals surface area (Å²) in [4.78, 5) is 0. The van der Waals surface area contributed by atoms with Gasteiger partial charge >= 0.3 is 0 Å². The Kier molecular flexibility index (Phi) is 2.47. The highest BCUT2D eigenvalue weighted by molar-refractivity contribution is 5.42. The summed E-state index contributed by atoms with van der Waals surface area (Å²) < 4.78 is 5.42. The van der Waals surface area contributed by atoms with E-state index in [1.807, 2.05) is 0 Å². The van der Waals surface area contributed by atoms with Crippen molar-refractivity contribution in [1.29, 1.82) is 0 Å². The van der Waals surface area contributed by atoms with Gasteiger partial charge in [-0.05, 0) is 26.8 Å². The standard InChI is InChI=1S/C13H19NO/c1-9-5-6-12(15-4)10(7-9)11-8-14-13(11,2)3/h5-7,11,14H,8H2,1-4H3. The monoisotopic (exact) mass is 205 g/mol. The zero-order chi connectivity index (χ0) is 11.1. The van der Waals surface area contributed by atoms with Gasteiger partial charge in [-0.3, -0.25) is 0 Å². The molecule has 15 heavy (non-hydrogen) atoms. The highest BCUT2D eigenvalue weighted by atomic mass is 16.5. The lowest BCUT2D eigenvalue weighted by Crippen LogP contribution is -2.59. The number of benzene rings is 1. The van der Waals surface area contributed by atoms with Crippen LogP contribution in [0.5, 0.6) is 5.75 Å². The Morgan fingerprint density at radius 2 is 2.13 bits per heavy atom. The van der Waals surface area contributed by atoms with E-state index in [1.54, 1.807) is 7.11 Å². The second-order valence-corrected chi connectivity index (χ2v) is 4.90. The van der Waals surface area contributed by atoms with Gasteiger partial charge in [0.2, 0.25) is 0 Å². The van der Waals surface area contributed by atoms with Crippen molar-refractivity contribution in [1.82, 2.24) is 5.32 Å². The molecule has 1 aliphatic heterocycles. The first-order valence-corrected chi connectivity index (χ1v) is 5.44. The van der Waals surface area contributed by atoms with Crippen LogP contribution in [0.2, 0.25) is 0 Å². The second-order valence-electron chi connectivity index (χ2n) is 4.90. The van der Waals surface area contributed by atoms with Gasteiger partial charge in [0, 0.05) is 23.6 Å². The van der Waals surface area contributed by atoms with Gasteiger partial charge in [-0.1, -0.05) is 17.7 Å². The Morgan fingerprint density at radius 1 is 1.40 bits per heavy atom. The molecule has 1 heterocycles. The van der Waals surface area contributed by atoms with Crippen LogP contribution in [0.15, 0.2) is 18.2 Å². The van der Waals surface area contributed by atoms with E-state index in [-0.39, 0.29) is 5.54 Å². The third kappa shape index (κ3) is 1.74. The van der Waals surface area contributed by atoms with Crippen molar-refractivity contribution in [2.45, 2.75) is 32.2 Å². The summed E-state index contributed by atoms with van der Waals surface area (Å²) in [5.74, 6) is 1.58. The molecule has 1 atom stereocenters. The maximum atomic E-state index is 5.42. The van der Waals surface area contributed by atoms with Gasteiger partial charge in [-0.25, -0.2) is 0 Å². The summed E-state index contributed by atoms with van der Waals surface area (Å²) in [7, 11) is 1.74. The number of rotatable bonds is 2. The van der Waals surface area contributed by atoms with Crippen molar-refractivity contribution in [3.8, 4) is 5.75 Å². The van der Waals surface area contributed by atoms with E-state index < -0.39 is 0 Å². The third-order valence-electron chi connectivity index (χ3n) is 3.39. The van der Waals surface area contributed by atoms with Crippen LogP contribution in [0, 0.1) is 6.92 Å². The first-order valence-electron chi connectivity index (χ1n) is 5.44. The molecule has 2 nitrogen and oxygen atoms in total. The summed E-state index contributed by atoms with van der Waals surface area (Å²) in [6.45, 7) is 7.65. The van der Waals surface area contributed by atoms with Gasteiger partial charge in [-0.2, -0.15) is 0 Å². The van der Waals surface area contributed by atoms with Gasteiger partial charge in [0.1, 0.15) is 5.75 Å². The van der Waals surface area contributed by atoms with Crippen LogP contribution in [0.1, 0.15) is 30.9 Å². The van der Waals surface area contributed by atoms with Crippen LogP contribution < -0.4 is 10.1 Å². The number of aryl methyl sites for hydroxylation is 1. The fourth-order valence-corrected chi connectivity index (χ4v) is 2.24. The van der Waals surface area contributed by atoms with E-state index >= 15 is 0 Å². The van der Waals surface area contributed by atoms with Gasteiger partial charge < -0.3 is 10.1 Å². The lowest BCUT2D eigenvalue weighted by atomic mass is 9.74. The van der Waals surface area contributed by atoms with Crippen molar-refractivity contribution in [3.63, 3.8) is 0 Å². The lowest BCUT2D eigenvalue weighted by Gasteiger charge is -2.46. The predicted molar refractivity (Wildman–Crippen MR) is 62.6 cm³/mol. The summed E-state index contributed by atoms with van der Waals surface area (Å²) in [6.07, 6.45) is 0. The lowest BCUT2D eigenvalue weighted by molar-refractivity contribution is 0.204. The van der Waals surface area contributed by atoms with Crippen LogP contribution in [0.3, 0.4) is 0 Å². The molecule has 0 aliphatic carbocycles. The maximum Gasteiger partial charge on any atom is 0.122 e. The molecule has 1 unspecified atom stereocenters. The molecule has 0 aromatic heterocycles. The predicted octanol–water partition coefficient (Wildman–Crippen LogP) is 2.47. The van der Waals surface area contributed by atoms with Crippen LogP contribution >= 0.6 is 0 Å². The molecule has 1 N–H and O–H groups in total. The van der Waals surface area contributed by atoms with Crippen LogP contribution in [-0.4, -0.2) is 19.2 Å². The Bertz CT molecular complexity index is 371. The molecule has 1 saturated heterocycles. The molecule has 0 amide bonds. The quantitative estimate of drug-likeness (QED) is 0.801. The SMILES string of the molecule is COc1ccc(C)cc1C1CNC1(C)C. The fourth-order valence-electron chi connectivity index (χ4n) is 2.24.